The van der Waals surface area contributed by atoms with E-state index >= 15 is 0 Å². The van der Waals surface area contributed by atoms with Crippen LogP contribution in [0.2, 0.25) is 10.0 Å². The summed E-state index contributed by atoms with van der Waals surface area (Å²) in [6.45, 7) is -0.0479. The van der Waals surface area contributed by atoms with Gasteiger partial charge in [0, 0.05) is 50.4 Å². The topological polar surface area (TPSA) is 114 Å². The number of aromatic amines is 1. The van der Waals surface area contributed by atoms with Crippen LogP contribution in [0.1, 0.15) is 16.1 Å². The number of nitrogens with zero attached hydrogens (tertiary/aromatic N) is 2. The zero-order valence-corrected chi connectivity index (χ0v) is 21.4. The van der Waals surface area contributed by atoms with Crippen LogP contribution in [-0.4, -0.2) is 35.1 Å². The molecule has 0 aliphatic heterocycles. The molecule has 0 atom stereocenters. The normalized spacial score (nSPS) is 11.8. The number of rotatable bonds is 5. The number of H-pyrrole nitrogens is 1. The Hall–Kier alpha value is -3.73. The summed E-state index contributed by atoms with van der Waals surface area (Å²) in [6, 6.07) is 12.0. The van der Waals surface area contributed by atoms with Crippen LogP contribution >= 0.6 is 23.2 Å². The predicted molar refractivity (Wildman–Crippen MR) is 141 cm³/mol. The highest BCUT2D eigenvalue weighted by Gasteiger charge is 2.28. The number of amides is 1. The number of aromatic nitrogens is 3. The fourth-order valence-electron chi connectivity index (χ4n) is 4.29. The fraction of sp³-hybridized carbons (Fsp3) is 0.0800. The standard InChI is InChI=1S/C25H17Cl2FN4O4S/c1-37(35,36)31-25(34)23-21(16-3-2-8-29-24(16)33)18-9-14(26)4-7-20(18)32(23)12-13-11-30-19-6-5-15(28)10-17(19)22(13)27/h2-11H,12H2,1H3,(H,29,33)(H,31,34). The number of hydrogen-bond donors (Lipinski definition) is 2. The van der Waals surface area contributed by atoms with Crippen molar-refractivity contribution in [3.8, 4) is 11.1 Å². The van der Waals surface area contributed by atoms with Crippen LogP contribution in [0.5, 0.6) is 0 Å². The molecule has 0 radical (unpaired) electrons. The highest BCUT2D eigenvalue weighted by Crippen LogP contribution is 2.37. The first-order chi connectivity index (χ1) is 17.5. The molecule has 0 unspecified atom stereocenters. The molecular formula is C25H17Cl2FN4O4S. The van der Waals surface area contributed by atoms with Gasteiger partial charge >= 0.3 is 0 Å². The Morgan fingerprint density at radius 1 is 1.14 bits per heavy atom. The maximum Gasteiger partial charge on any atom is 0.282 e. The Kier molecular flexibility index (Phi) is 6.26. The lowest BCUT2D eigenvalue weighted by atomic mass is 10.0. The second kappa shape index (κ2) is 9.29. The molecule has 188 valence electrons. The summed E-state index contributed by atoms with van der Waals surface area (Å²) in [7, 11) is -3.96. The highest BCUT2D eigenvalue weighted by atomic mass is 35.5. The Bertz CT molecular complexity index is 1900. The van der Waals surface area contributed by atoms with Gasteiger partial charge in [-0.15, -0.1) is 0 Å². The smallest absolute Gasteiger partial charge is 0.282 e. The molecule has 5 rings (SSSR count). The molecule has 3 aromatic heterocycles. The van der Waals surface area contributed by atoms with Gasteiger partial charge in [-0.05, 0) is 48.5 Å². The molecule has 0 fully saturated rings. The number of carbonyl (C=O) groups is 1. The van der Waals surface area contributed by atoms with Crippen LogP contribution in [0.4, 0.5) is 4.39 Å². The second-order valence-corrected chi connectivity index (χ2v) is 10.9. The van der Waals surface area contributed by atoms with E-state index in [0.29, 0.717) is 32.4 Å². The lowest BCUT2D eigenvalue weighted by molar-refractivity contribution is 0.0974. The van der Waals surface area contributed by atoms with Crippen molar-refractivity contribution in [2.24, 2.45) is 0 Å². The Morgan fingerprint density at radius 2 is 1.92 bits per heavy atom. The Balaban J connectivity index is 1.84. The van der Waals surface area contributed by atoms with Crippen LogP contribution in [0, 0.1) is 5.82 Å². The summed E-state index contributed by atoms with van der Waals surface area (Å²) in [6.07, 6.45) is 3.79. The number of halogens is 3. The maximum absolute atomic E-state index is 13.9. The number of pyridine rings is 2. The predicted octanol–water partition coefficient (Wildman–Crippen LogP) is 4.73. The van der Waals surface area contributed by atoms with Gasteiger partial charge in [-0.1, -0.05) is 23.2 Å². The van der Waals surface area contributed by atoms with Gasteiger partial charge in [-0.25, -0.2) is 17.5 Å². The van der Waals surface area contributed by atoms with Crippen LogP contribution in [-0.2, 0) is 16.6 Å². The van der Waals surface area contributed by atoms with Crippen LogP contribution in [0.15, 0.2) is 65.7 Å². The van der Waals surface area contributed by atoms with Crippen molar-refractivity contribution < 1.29 is 17.6 Å². The number of sulfonamides is 1. The van der Waals surface area contributed by atoms with E-state index in [1.165, 1.54) is 41.2 Å². The van der Waals surface area contributed by atoms with Gasteiger partial charge in [0.05, 0.1) is 23.3 Å². The highest BCUT2D eigenvalue weighted by molar-refractivity contribution is 7.89. The lowest BCUT2D eigenvalue weighted by Gasteiger charge is -2.14. The number of nitrogens with one attached hydrogen (secondary N) is 2. The number of benzene rings is 2. The zero-order valence-electron chi connectivity index (χ0n) is 19.1. The quantitative estimate of drug-likeness (QED) is 0.323. The summed E-state index contributed by atoms with van der Waals surface area (Å²) in [4.78, 5) is 33.1. The number of fused-ring (bicyclic) bond motifs is 2. The molecule has 8 nitrogen and oxygen atoms in total. The Labute approximate surface area is 219 Å². The summed E-state index contributed by atoms with van der Waals surface area (Å²) in [5.74, 6) is -1.45. The summed E-state index contributed by atoms with van der Waals surface area (Å²) >= 11 is 12.9. The van der Waals surface area contributed by atoms with Crippen molar-refractivity contribution in [2.75, 3.05) is 6.26 Å². The molecule has 0 spiro atoms. The number of carbonyl (C=O) groups excluding carboxylic acids is 1. The van der Waals surface area contributed by atoms with E-state index in [-0.39, 0.29) is 28.4 Å². The maximum atomic E-state index is 13.9. The molecule has 3 heterocycles. The van der Waals surface area contributed by atoms with Crippen molar-refractivity contribution in [2.45, 2.75) is 6.54 Å². The van der Waals surface area contributed by atoms with Gasteiger partial charge in [0.25, 0.3) is 11.5 Å². The fourth-order valence-corrected chi connectivity index (χ4v) is 5.15. The van der Waals surface area contributed by atoms with Gasteiger partial charge < -0.3 is 9.55 Å². The van der Waals surface area contributed by atoms with E-state index in [2.05, 4.69) is 9.97 Å². The molecule has 1 amide bonds. The average molecular weight is 559 g/mol. The average Bonchev–Trinajstić information content (AvgIpc) is 3.13. The van der Waals surface area contributed by atoms with Crippen molar-refractivity contribution in [1.29, 1.82) is 0 Å². The molecular weight excluding hydrogens is 542 g/mol. The van der Waals surface area contributed by atoms with Gasteiger partial charge in [0.15, 0.2) is 0 Å². The molecule has 0 saturated carbocycles. The SMILES string of the molecule is CS(=O)(=O)NC(=O)c1c(-c2ccc[nH]c2=O)c2cc(Cl)ccc2n1Cc1cnc2ccc(F)cc2c1Cl. The van der Waals surface area contributed by atoms with Gasteiger partial charge in [-0.2, -0.15) is 0 Å². The van der Waals surface area contributed by atoms with Crippen molar-refractivity contribution in [3.63, 3.8) is 0 Å². The first-order valence-corrected chi connectivity index (χ1v) is 13.4. The summed E-state index contributed by atoms with van der Waals surface area (Å²) < 4.78 is 41.5. The first kappa shape index (κ1) is 24.9. The Morgan fingerprint density at radius 3 is 2.65 bits per heavy atom. The minimum absolute atomic E-state index is 0.0479. The summed E-state index contributed by atoms with van der Waals surface area (Å²) in [5, 5.41) is 1.38. The monoisotopic (exact) mass is 558 g/mol. The molecule has 0 aliphatic rings. The van der Waals surface area contributed by atoms with Gasteiger partial charge in [-0.3, -0.25) is 14.6 Å². The third-order valence-corrected chi connectivity index (χ3v) is 7.01. The van der Waals surface area contributed by atoms with Crippen molar-refractivity contribution >= 4 is 60.9 Å². The van der Waals surface area contributed by atoms with E-state index in [9.17, 15) is 22.4 Å². The molecule has 2 N–H and O–H groups in total. The van der Waals surface area contributed by atoms with E-state index in [4.69, 9.17) is 23.2 Å². The number of hydrogen-bond acceptors (Lipinski definition) is 5. The van der Waals surface area contributed by atoms with E-state index in [1.807, 2.05) is 4.72 Å². The molecule has 2 aromatic carbocycles. The third kappa shape index (κ3) is 4.71. The minimum Gasteiger partial charge on any atom is -0.331 e. The molecule has 0 saturated heterocycles. The molecule has 0 aliphatic carbocycles. The van der Waals surface area contributed by atoms with Crippen LogP contribution in [0.3, 0.4) is 0 Å². The van der Waals surface area contributed by atoms with E-state index < -0.39 is 27.3 Å². The van der Waals surface area contributed by atoms with E-state index in [1.54, 1.807) is 24.3 Å². The first-order valence-electron chi connectivity index (χ1n) is 10.8. The van der Waals surface area contributed by atoms with Crippen LogP contribution in [0.25, 0.3) is 32.9 Å². The molecule has 0 bridgehead atoms. The van der Waals surface area contributed by atoms with Gasteiger partial charge in [0.1, 0.15) is 11.5 Å². The van der Waals surface area contributed by atoms with Crippen molar-refractivity contribution in [3.05, 3.63) is 98.4 Å². The molecule has 37 heavy (non-hydrogen) atoms. The molecule has 12 heteroatoms. The molecule has 5 aromatic rings. The summed E-state index contributed by atoms with van der Waals surface area (Å²) in [5.41, 5.74) is 1.13. The largest absolute Gasteiger partial charge is 0.331 e. The third-order valence-electron chi connectivity index (χ3n) is 5.77. The van der Waals surface area contributed by atoms with E-state index in [0.717, 1.165) is 6.26 Å². The minimum atomic E-state index is -3.96. The van der Waals surface area contributed by atoms with Crippen LogP contribution < -0.4 is 10.3 Å². The second-order valence-electron chi connectivity index (χ2n) is 8.35. The van der Waals surface area contributed by atoms with Gasteiger partial charge in [0.2, 0.25) is 10.0 Å². The lowest BCUT2D eigenvalue weighted by Crippen LogP contribution is -2.32. The van der Waals surface area contributed by atoms with Crippen molar-refractivity contribution in [1.82, 2.24) is 19.3 Å². The zero-order chi connectivity index (χ0) is 26.5.